The molecular formula is C14H14Cl2N2O2S. The van der Waals surface area contributed by atoms with Gasteiger partial charge in [0.1, 0.15) is 16.1 Å². The molecule has 0 aromatic carbocycles. The Kier molecular flexibility index (Phi) is 4.86. The van der Waals surface area contributed by atoms with E-state index in [1.165, 1.54) is 17.5 Å². The van der Waals surface area contributed by atoms with Crippen LogP contribution in [0.4, 0.5) is 0 Å². The summed E-state index contributed by atoms with van der Waals surface area (Å²) in [4.78, 5) is 20.7. The molecule has 0 unspecified atom stereocenters. The maximum absolute atomic E-state index is 12.0. The highest BCUT2D eigenvalue weighted by Gasteiger charge is 2.34. The predicted molar refractivity (Wildman–Crippen MR) is 85.0 cm³/mol. The Balaban J connectivity index is 2.35. The third kappa shape index (κ3) is 3.36. The van der Waals surface area contributed by atoms with Crippen molar-refractivity contribution >= 4 is 40.5 Å². The van der Waals surface area contributed by atoms with Crippen LogP contribution in [0.2, 0.25) is 10.0 Å². The van der Waals surface area contributed by atoms with Crippen molar-refractivity contribution in [2.75, 3.05) is 6.61 Å². The average molecular weight is 345 g/mol. The van der Waals surface area contributed by atoms with Crippen LogP contribution in [0.3, 0.4) is 0 Å². The van der Waals surface area contributed by atoms with Gasteiger partial charge in [-0.15, -0.1) is 11.3 Å². The molecule has 0 bridgehead atoms. The molecule has 2 aromatic rings. The van der Waals surface area contributed by atoms with Crippen molar-refractivity contribution in [1.29, 1.82) is 0 Å². The zero-order valence-corrected chi connectivity index (χ0v) is 14.1. The molecule has 0 fully saturated rings. The second kappa shape index (κ2) is 6.30. The smallest absolute Gasteiger partial charge is 0.317 e. The molecule has 0 aliphatic heterocycles. The molecule has 0 aliphatic carbocycles. The van der Waals surface area contributed by atoms with Crippen LogP contribution in [-0.4, -0.2) is 22.5 Å². The van der Waals surface area contributed by atoms with Gasteiger partial charge in [-0.3, -0.25) is 9.78 Å². The van der Waals surface area contributed by atoms with Crippen LogP contribution in [0.15, 0.2) is 17.6 Å². The molecule has 0 saturated carbocycles. The van der Waals surface area contributed by atoms with E-state index in [0.29, 0.717) is 33.0 Å². The molecule has 0 amide bonds. The first-order chi connectivity index (χ1) is 9.86. The predicted octanol–water partition coefficient (Wildman–Crippen LogP) is 4.35. The Labute approximate surface area is 137 Å². The lowest BCUT2D eigenvalue weighted by atomic mass is 9.90. The van der Waals surface area contributed by atoms with Crippen LogP contribution in [-0.2, 0) is 14.9 Å². The van der Waals surface area contributed by atoms with Gasteiger partial charge in [0.15, 0.2) is 0 Å². The standard InChI is InChI=1S/C14H14Cl2N2O2S/c1-4-20-13(19)14(2,3)10-7-21-12(18-10)11-9(16)5-8(15)6-17-11/h5-7H,4H2,1-3H3. The second-order valence-corrected chi connectivity index (χ2v) is 6.57. The molecule has 0 radical (unpaired) electrons. The van der Waals surface area contributed by atoms with Gasteiger partial charge >= 0.3 is 5.97 Å². The first-order valence-corrected chi connectivity index (χ1v) is 7.94. The van der Waals surface area contributed by atoms with Crippen molar-refractivity contribution in [3.63, 3.8) is 0 Å². The van der Waals surface area contributed by atoms with Gasteiger partial charge in [0.25, 0.3) is 0 Å². The number of carbonyl (C=O) groups is 1. The molecular weight excluding hydrogens is 331 g/mol. The van der Waals surface area contributed by atoms with E-state index in [1.807, 2.05) is 5.38 Å². The molecule has 2 heterocycles. The Morgan fingerprint density at radius 1 is 1.43 bits per heavy atom. The summed E-state index contributed by atoms with van der Waals surface area (Å²) >= 11 is 13.3. The van der Waals surface area contributed by atoms with E-state index in [0.717, 1.165) is 0 Å². The van der Waals surface area contributed by atoms with Gasteiger partial charge in [-0.2, -0.15) is 0 Å². The van der Waals surface area contributed by atoms with Crippen molar-refractivity contribution in [1.82, 2.24) is 9.97 Å². The number of esters is 1. The lowest BCUT2D eigenvalue weighted by Crippen LogP contribution is -2.31. The normalized spacial score (nSPS) is 11.5. The number of aromatic nitrogens is 2. The highest BCUT2D eigenvalue weighted by atomic mass is 35.5. The molecule has 7 heteroatoms. The topological polar surface area (TPSA) is 52.1 Å². The number of rotatable bonds is 4. The van der Waals surface area contributed by atoms with E-state index in [9.17, 15) is 4.79 Å². The third-order valence-corrected chi connectivity index (χ3v) is 4.28. The van der Waals surface area contributed by atoms with Crippen LogP contribution in [0.5, 0.6) is 0 Å². The fourth-order valence-electron chi connectivity index (χ4n) is 1.66. The molecule has 21 heavy (non-hydrogen) atoms. The second-order valence-electron chi connectivity index (χ2n) is 4.87. The fourth-order valence-corrected chi connectivity index (χ4v) is 3.18. The monoisotopic (exact) mass is 344 g/mol. The number of hydrogen-bond donors (Lipinski definition) is 0. The summed E-state index contributed by atoms with van der Waals surface area (Å²) in [6.45, 7) is 5.67. The molecule has 0 N–H and O–H groups in total. The van der Waals surface area contributed by atoms with Crippen LogP contribution < -0.4 is 0 Å². The number of ether oxygens (including phenoxy) is 1. The largest absolute Gasteiger partial charge is 0.465 e. The zero-order chi connectivity index (χ0) is 15.6. The molecule has 0 spiro atoms. The van der Waals surface area contributed by atoms with E-state index < -0.39 is 5.41 Å². The number of carbonyl (C=O) groups excluding carboxylic acids is 1. The van der Waals surface area contributed by atoms with Crippen molar-refractivity contribution in [2.24, 2.45) is 0 Å². The van der Waals surface area contributed by atoms with Gasteiger partial charge in [0.2, 0.25) is 0 Å². The SMILES string of the molecule is CCOC(=O)C(C)(C)c1csc(-c2ncc(Cl)cc2Cl)n1. The lowest BCUT2D eigenvalue weighted by molar-refractivity contribution is -0.148. The summed E-state index contributed by atoms with van der Waals surface area (Å²) in [6, 6.07) is 1.61. The van der Waals surface area contributed by atoms with Crippen LogP contribution >= 0.6 is 34.5 Å². The number of pyridine rings is 1. The molecule has 2 aromatic heterocycles. The van der Waals surface area contributed by atoms with E-state index in [-0.39, 0.29) is 5.97 Å². The average Bonchev–Trinajstić information content (AvgIpc) is 2.89. The molecule has 2 rings (SSSR count). The van der Waals surface area contributed by atoms with E-state index in [1.54, 1.807) is 26.8 Å². The van der Waals surface area contributed by atoms with E-state index >= 15 is 0 Å². The number of hydrogen-bond acceptors (Lipinski definition) is 5. The number of nitrogens with zero attached hydrogens (tertiary/aromatic N) is 2. The van der Waals surface area contributed by atoms with Gasteiger partial charge in [0, 0.05) is 11.6 Å². The maximum Gasteiger partial charge on any atom is 0.317 e. The molecule has 0 aliphatic rings. The van der Waals surface area contributed by atoms with Crippen LogP contribution in [0, 0.1) is 0 Å². The van der Waals surface area contributed by atoms with Gasteiger partial charge in [-0.1, -0.05) is 23.2 Å². The summed E-state index contributed by atoms with van der Waals surface area (Å²) < 4.78 is 5.08. The summed E-state index contributed by atoms with van der Waals surface area (Å²) in [6.07, 6.45) is 1.51. The summed E-state index contributed by atoms with van der Waals surface area (Å²) in [5.41, 5.74) is 0.370. The Bertz CT molecular complexity index is 671. The van der Waals surface area contributed by atoms with Crippen molar-refractivity contribution in [3.05, 3.63) is 33.4 Å². The van der Waals surface area contributed by atoms with Gasteiger partial charge < -0.3 is 4.74 Å². The fraction of sp³-hybridized carbons (Fsp3) is 0.357. The van der Waals surface area contributed by atoms with E-state index in [4.69, 9.17) is 27.9 Å². The molecule has 112 valence electrons. The first kappa shape index (κ1) is 16.2. The Morgan fingerprint density at radius 2 is 2.14 bits per heavy atom. The molecule has 0 saturated heterocycles. The Hall–Kier alpha value is -1.17. The zero-order valence-electron chi connectivity index (χ0n) is 11.8. The molecule has 4 nitrogen and oxygen atoms in total. The lowest BCUT2D eigenvalue weighted by Gasteiger charge is -2.19. The van der Waals surface area contributed by atoms with Crippen molar-refractivity contribution < 1.29 is 9.53 Å². The quantitative estimate of drug-likeness (QED) is 0.773. The highest BCUT2D eigenvalue weighted by Crippen LogP contribution is 2.33. The summed E-state index contributed by atoms with van der Waals surface area (Å²) in [5.74, 6) is -0.308. The number of halogens is 2. The minimum absolute atomic E-state index is 0.308. The highest BCUT2D eigenvalue weighted by molar-refractivity contribution is 7.13. The molecule has 0 atom stereocenters. The van der Waals surface area contributed by atoms with Crippen LogP contribution in [0.25, 0.3) is 10.7 Å². The van der Waals surface area contributed by atoms with Gasteiger partial charge in [0.05, 0.1) is 22.3 Å². The number of thiazole rings is 1. The van der Waals surface area contributed by atoms with Gasteiger partial charge in [-0.25, -0.2) is 4.98 Å². The van der Waals surface area contributed by atoms with Crippen molar-refractivity contribution in [2.45, 2.75) is 26.2 Å². The minimum Gasteiger partial charge on any atom is -0.465 e. The van der Waals surface area contributed by atoms with E-state index in [2.05, 4.69) is 9.97 Å². The van der Waals surface area contributed by atoms with Crippen LogP contribution in [0.1, 0.15) is 26.5 Å². The van der Waals surface area contributed by atoms with Crippen molar-refractivity contribution in [3.8, 4) is 10.7 Å². The first-order valence-electron chi connectivity index (χ1n) is 6.31. The third-order valence-electron chi connectivity index (χ3n) is 2.94. The van der Waals surface area contributed by atoms with Gasteiger partial charge in [-0.05, 0) is 26.8 Å². The Morgan fingerprint density at radius 3 is 2.76 bits per heavy atom. The summed E-state index contributed by atoms with van der Waals surface area (Å²) in [5, 5.41) is 3.35. The minimum atomic E-state index is -0.816. The maximum atomic E-state index is 12.0. The summed E-state index contributed by atoms with van der Waals surface area (Å²) in [7, 11) is 0.